The molecule has 1 aliphatic heterocycles. The molecular weight excluding hydrogens is 406 g/mol. The average molecular weight is 434 g/mol. The van der Waals surface area contributed by atoms with Crippen molar-refractivity contribution in [2.24, 2.45) is 0 Å². The van der Waals surface area contributed by atoms with E-state index in [9.17, 15) is 18.0 Å². The van der Waals surface area contributed by atoms with E-state index in [2.05, 4.69) is 15.6 Å². The number of rotatable bonds is 8. The van der Waals surface area contributed by atoms with Crippen molar-refractivity contribution in [2.75, 3.05) is 18.1 Å². The molecule has 1 aliphatic rings. The van der Waals surface area contributed by atoms with Crippen LogP contribution >= 0.6 is 0 Å². The maximum Gasteiger partial charge on any atom is 0.222 e. The van der Waals surface area contributed by atoms with Crippen LogP contribution in [0.25, 0.3) is 11.3 Å². The number of aryl methyl sites for hydroxylation is 3. The number of hydrogen-bond acceptors (Lipinski definition) is 6. The number of nitrogens with zero attached hydrogens (tertiary/aromatic N) is 1. The van der Waals surface area contributed by atoms with E-state index >= 15 is 0 Å². The quantitative estimate of drug-likeness (QED) is 0.654. The van der Waals surface area contributed by atoms with Gasteiger partial charge in [-0.15, -0.1) is 0 Å². The van der Waals surface area contributed by atoms with Crippen molar-refractivity contribution in [2.45, 2.75) is 45.6 Å². The molecule has 1 atom stereocenters. The molecular formula is C21H27N3O5S. The number of carbonyl (C=O) groups excluding carboxylic acids is 2. The molecule has 0 radical (unpaired) electrons. The molecule has 2 N–H and O–H groups in total. The molecule has 162 valence electrons. The number of aromatic nitrogens is 1. The Morgan fingerprint density at radius 1 is 1.17 bits per heavy atom. The topological polar surface area (TPSA) is 118 Å². The Balaban J connectivity index is 1.37. The first-order valence-corrected chi connectivity index (χ1v) is 11.8. The van der Waals surface area contributed by atoms with Gasteiger partial charge in [0.05, 0.1) is 17.7 Å². The Morgan fingerprint density at radius 2 is 1.97 bits per heavy atom. The maximum absolute atomic E-state index is 12.0. The standard InChI is InChI=1S/C21H27N3O5S/c1-14-3-4-16(11-15(14)2)18-12-23-21(29-18)6-5-19(25)22-9-7-20(26)24-17-8-10-30(27,28)13-17/h3-4,11-12,17H,5-10,13H2,1-2H3,(H,22,25)(H,24,26). The molecule has 9 heteroatoms. The molecule has 1 saturated heterocycles. The summed E-state index contributed by atoms with van der Waals surface area (Å²) in [6.07, 6.45) is 2.78. The van der Waals surface area contributed by atoms with E-state index in [1.807, 2.05) is 32.0 Å². The molecule has 3 rings (SSSR count). The van der Waals surface area contributed by atoms with E-state index < -0.39 is 9.84 Å². The minimum absolute atomic E-state index is 0.00854. The Labute approximate surface area is 176 Å². The molecule has 0 spiro atoms. The smallest absolute Gasteiger partial charge is 0.222 e. The maximum atomic E-state index is 12.0. The third-order valence-corrected chi connectivity index (χ3v) is 6.95. The third kappa shape index (κ3) is 6.16. The molecule has 2 aromatic rings. The van der Waals surface area contributed by atoms with Crippen molar-refractivity contribution in [1.29, 1.82) is 0 Å². The van der Waals surface area contributed by atoms with Gasteiger partial charge in [-0.25, -0.2) is 13.4 Å². The summed E-state index contributed by atoms with van der Waals surface area (Å²) >= 11 is 0. The summed E-state index contributed by atoms with van der Waals surface area (Å²) in [5.74, 6) is 0.796. The van der Waals surface area contributed by atoms with Crippen molar-refractivity contribution in [3.8, 4) is 11.3 Å². The lowest BCUT2D eigenvalue weighted by molar-refractivity contribution is -0.122. The van der Waals surface area contributed by atoms with Crippen LogP contribution in [0.1, 0.15) is 36.3 Å². The number of amides is 2. The van der Waals surface area contributed by atoms with Gasteiger partial charge in [-0.1, -0.05) is 12.1 Å². The van der Waals surface area contributed by atoms with Crippen molar-refractivity contribution in [3.05, 3.63) is 41.4 Å². The summed E-state index contributed by atoms with van der Waals surface area (Å²) in [6.45, 7) is 4.28. The van der Waals surface area contributed by atoms with Crippen molar-refractivity contribution >= 4 is 21.7 Å². The van der Waals surface area contributed by atoms with Crippen molar-refractivity contribution in [1.82, 2.24) is 15.6 Å². The van der Waals surface area contributed by atoms with Gasteiger partial charge in [0.1, 0.15) is 0 Å². The van der Waals surface area contributed by atoms with Crippen LogP contribution in [0.3, 0.4) is 0 Å². The minimum Gasteiger partial charge on any atom is -0.441 e. The first-order valence-electron chi connectivity index (χ1n) is 10.0. The van der Waals surface area contributed by atoms with Crippen LogP contribution in [0, 0.1) is 13.8 Å². The molecule has 30 heavy (non-hydrogen) atoms. The molecule has 8 nitrogen and oxygen atoms in total. The second-order valence-corrected chi connectivity index (χ2v) is 9.91. The molecule has 2 heterocycles. The van der Waals surface area contributed by atoms with Crippen molar-refractivity contribution in [3.63, 3.8) is 0 Å². The molecule has 2 amide bonds. The van der Waals surface area contributed by atoms with Gasteiger partial charge in [-0.3, -0.25) is 9.59 Å². The summed E-state index contributed by atoms with van der Waals surface area (Å²) in [5.41, 5.74) is 3.32. The molecule has 0 saturated carbocycles. The predicted molar refractivity (Wildman–Crippen MR) is 113 cm³/mol. The fourth-order valence-electron chi connectivity index (χ4n) is 3.29. The first-order chi connectivity index (χ1) is 14.2. The molecule has 1 fully saturated rings. The fraction of sp³-hybridized carbons (Fsp3) is 0.476. The van der Waals surface area contributed by atoms with Gasteiger partial charge in [0.15, 0.2) is 21.5 Å². The molecule has 1 aromatic heterocycles. The Hall–Kier alpha value is -2.68. The minimum atomic E-state index is -3.03. The van der Waals surface area contributed by atoms with E-state index in [1.54, 1.807) is 6.20 Å². The van der Waals surface area contributed by atoms with Crippen molar-refractivity contribution < 1.29 is 22.4 Å². The van der Waals surface area contributed by atoms with E-state index in [-0.39, 0.29) is 48.7 Å². The van der Waals surface area contributed by atoms with E-state index in [0.717, 1.165) is 5.56 Å². The van der Waals surface area contributed by atoms with E-state index in [0.29, 0.717) is 24.5 Å². The highest BCUT2D eigenvalue weighted by atomic mass is 32.2. The van der Waals surface area contributed by atoms with Crippen LogP contribution in [0.5, 0.6) is 0 Å². The predicted octanol–water partition coefficient (Wildman–Crippen LogP) is 1.70. The van der Waals surface area contributed by atoms with Gasteiger partial charge in [0.2, 0.25) is 11.8 Å². The van der Waals surface area contributed by atoms with Gasteiger partial charge < -0.3 is 15.1 Å². The zero-order chi connectivity index (χ0) is 21.7. The van der Waals surface area contributed by atoms with Gasteiger partial charge in [-0.05, 0) is 37.5 Å². The number of benzene rings is 1. The van der Waals surface area contributed by atoms with Crippen LogP contribution < -0.4 is 10.6 Å². The van der Waals surface area contributed by atoms with Gasteiger partial charge >= 0.3 is 0 Å². The first kappa shape index (κ1) is 22.0. The fourth-order valence-corrected chi connectivity index (χ4v) is 4.96. The van der Waals surface area contributed by atoms with Gasteiger partial charge in [0.25, 0.3) is 0 Å². The largest absolute Gasteiger partial charge is 0.441 e. The molecule has 0 aliphatic carbocycles. The number of oxazole rings is 1. The van der Waals surface area contributed by atoms with Gasteiger partial charge in [-0.2, -0.15) is 0 Å². The highest BCUT2D eigenvalue weighted by Gasteiger charge is 2.28. The monoisotopic (exact) mass is 433 g/mol. The molecule has 0 bridgehead atoms. The number of carbonyl (C=O) groups is 2. The lowest BCUT2D eigenvalue weighted by Gasteiger charge is -2.11. The summed E-state index contributed by atoms with van der Waals surface area (Å²) in [5, 5.41) is 5.39. The molecule has 1 unspecified atom stereocenters. The van der Waals surface area contributed by atoms with Crippen LogP contribution in [-0.4, -0.2) is 49.3 Å². The Bertz CT molecular complexity index is 1030. The summed E-state index contributed by atoms with van der Waals surface area (Å²) in [7, 11) is -3.03. The van der Waals surface area contributed by atoms with Crippen LogP contribution in [0.15, 0.2) is 28.8 Å². The van der Waals surface area contributed by atoms with Crippen LogP contribution in [0.2, 0.25) is 0 Å². The SMILES string of the molecule is Cc1ccc(-c2cnc(CCC(=O)NCCC(=O)NC3CCS(=O)(=O)C3)o2)cc1C. The average Bonchev–Trinajstić information content (AvgIpc) is 3.28. The van der Waals surface area contributed by atoms with Gasteiger partial charge in [0, 0.05) is 37.4 Å². The second-order valence-electron chi connectivity index (χ2n) is 7.68. The highest BCUT2D eigenvalue weighted by molar-refractivity contribution is 7.91. The Kier molecular flexibility index (Phi) is 6.91. The van der Waals surface area contributed by atoms with E-state index in [4.69, 9.17) is 4.42 Å². The number of hydrogen-bond donors (Lipinski definition) is 2. The van der Waals surface area contributed by atoms with Crippen LogP contribution in [0.4, 0.5) is 0 Å². The number of nitrogens with one attached hydrogen (secondary N) is 2. The Morgan fingerprint density at radius 3 is 2.67 bits per heavy atom. The van der Waals surface area contributed by atoms with E-state index in [1.165, 1.54) is 11.1 Å². The molecule has 1 aromatic carbocycles. The highest BCUT2D eigenvalue weighted by Crippen LogP contribution is 2.23. The zero-order valence-electron chi connectivity index (χ0n) is 17.2. The summed E-state index contributed by atoms with van der Waals surface area (Å²) in [6, 6.07) is 5.72. The lowest BCUT2D eigenvalue weighted by Crippen LogP contribution is -2.37. The van der Waals surface area contributed by atoms with Crippen LogP contribution in [-0.2, 0) is 25.8 Å². The second kappa shape index (κ2) is 9.42. The third-order valence-electron chi connectivity index (χ3n) is 5.18. The lowest BCUT2D eigenvalue weighted by atomic mass is 10.1. The summed E-state index contributed by atoms with van der Waals surface area (Å²) in [4.78, 5) is 28.1. The number of sulfone groups is 1. The normalized spacial score (nSPS) is 17.6. The zero-order valence-corrected chi connectivity index (χ0v) is 18.0. The summed E-state index contributed by atoms with van der Waals surface area (Å²) < 4.78 is 28.6.